The zero-order chi connectivity index (χ0) is 33.7. The Morgan fingerprint density at radius 1 is 0.578 bits per heavy atom. The van der Waals surface area contributed by atoms with E-state index in [2.05, 4.69) is 98.7 Å². The molecule has 0 aliphatic heterocycles. The van der Waals surface area contributed by atoms with Crippen molar-refractivity contribution in [3.05, 3.63) is 69.8 Å². The maximum Gasteiger partial charge on any atom is 0.122 e. The Kier molecular flexibility index (Phi) is 10.4. The Balaban J connectivity index is 1.78. The molecule has 4 rings (SSSR count). The van der Waals surface area contributed by atoms with Crippen LogP contribution in [-0.2, 0) is 16.2 Å². The number of aromatic hydroxyl groups is 3. The van der Waals surface area contributed by atoms with E-state index >= 15 is 0 Å². The smallest absolute Gasteiger partial charge is 0.122 e. The molecule has 0 aromatic heterocycles. The first-order valence-corrected chi connectivity index (χ1v) is 18.7. The van der Waals surface area contributed by atoms with Crippen molar-refractivity contribution in [3.63, 3.8) is 0 Å². The predicted molar refractivity (Wildman–Crippen MR) is 197 cm³/mol. The molecule has 3 aromatic carbocycles. The molecule has 0 bridgehead atoms. The first-order valence-electron chi connectivity index (χ1n) is 16.2. The fourth-order valence-electron chi connectivity index (χ4n) is 6.22. The fourth-order valence-corrected chi connectivity index (χ4v) is 11.4. The van der Waals surface area contributed by atoms with Gasteiger partial charge >= 0.3 is 0 Å². The van der Waals surface area contributed by atoms with Gasteiger partial charge in [0, 0.05) is 36.6 Å². The summed E-state index contributed by atoms with van der Waals surface area (Å²) in [7, 11) is 0. The molecule has 1 atom stereocenters. The van der Waals surface area contributed by atoms with Crippen LogP contribution < -0.4 is 0 Å². The van der Waals surface area contributed by atoms with Crippen LogP contribution in [0.3, 0.4) is 0 Å². The van der Waals surface area contributed by atoms with Crippen molar-refractivity contribution in [2.45, 2.75) is 149 Å². The molecule has 45 heavy (non-hydrogen) atoms. The van der Waals surface area contributed by atoms with Gasteiger partial charge in [-0.05, 0) is 109 Å². The molecule has 6 heteroatoms. The number of hydrogen-bond acceptors (Lipinski definition) is 6. The van der Waals surface area contributed by atoms with E-state index < -0.39 is 0 Å². The number of phenols is 3. The molecule has 0 spiro atoms. The minimum atomic E-state index is -0.173. The summed E-state index contributed by atoms with van der Waals surface area (Å²) in [5.74, 6) is 1.20. The van der Waals surface area contributed by atoms with Crippen LogP contribution in [0.1, 0.15) is 121 Å². The summed E-state index contributed by atoms with van der Waals surface area (Å²) in [5, 5.41) is 33.3. The molecule has 3 N–H and O–H groups in total. The van der Waals surface area contributed by atoms with Crippen LogP contribution in [0.2, 0.25) is 0 Å². The second-order valence-corrected chi connectivity index (χ2v) is 20.7. The highest BCUT2D eigenvalue weighted by molar-refractivity contribution is 8.18. The first-order chi connectivity index (χ1) is 20.6. The van der Waals surface area contributed by atoms with Gasteiger partial charge in [0.1, 0.15) is 17.2 Å². The van der Waals surface area contributed by atoms with E-state index in [9.17, 15) is 15.3 Å². The third-order valence-corrected chi connectivity index (χ3v) is 13.0. The number of phenolic OH excluding ortho intramolecular Hbond substituents is 3. The Bertz CT molecular complexity index is 1480. The molecule has 1 aliphatic carbocycles. The molecule has 0 heterocycles. The Hall–Kier alpha value is -1.89. The quantitative estimate of drug-likeness (QED) is 0.228. The SMILES string of the molecule is Cc1cc(SC2CCCC(Sc3cc(C)c(O)c(C(C)(C)C)c3)(Sc3cc(C)c(O)c(C(C)(C)C)c3)C2)cc(C(C)(C)C)c1O. The predicted octanol–water partition coefficient (Wildman–Crippen LogP) is 11.9. The Morgan fingerprint density at radius 3 is 1.31 bits per heavy atom. The standard InChI is InChI=1S/C39H54O3S3/c1-23-16-27(19-30(33(23)40)36(4,5)6)43-26-14-13-15-39(22-26,44-28-17-24(2)34(41)31(20-28)37(7,8)9)45-29-18-25(3)35(42)32(21-29)38(10,11)12/h16-21,26,40-42H,13-15,22H2,1-12H3. The van der Waals surface area contributed by atoms with E-state index in [1.165, 1.54) is 14.7 Å². The van der Waals surface area contributed by atoms with Crippen molar-refractivity contribution in [2.75, 3.05) is 0 Å². The summed E-state index contributed by atoms with van der Waals surface area (Å²) in [6, 6.07) is 13.0. The van der Waals surface area contributed by atoms with Gasteiger partial charge in [-0.15, -0.1) is 35.3 Å². The van der Waals surface area contributed by atoms with E-state index in [1.807, 2.05) is 56.1 Å². The second kappa shape index (κ2) is 13.0. The summed E-state index contributed by atoms with van der Waals surface area (Å²) in [5.41, 5.74) is 5.23. The Labute approximate surface area is 285 Å². The summed E-state index contributed by atoms with van der Waals surface area (Å²) < 4.78 is -0.133. The van der Waals surface area contributed by atoms with Crippen molar-refractivity contribution in [1.82, 2.24) is 0 Å². The van der Waals surface area contributed by atoms with Gasteiger partial charge in [0.25, 0.3) is 0 Å². The molecule has 0 saturated heterocycles. The molecule has 246 valence electrons. The van der Waals surface area contributed by atoms with E-state index in [-0.39, 0.29) is 20.3 Å². The van der Waals surface area contributed by atoms with Crippen molar-refractivity contribution in [1.29, 1.82) is 0 Å². The third-order valence-electron chi connectivity index (χ3n) is 8.78. The highest BCUT2D eigenvalue weighted by Gasteiger charge is 2.40. The average Bonchev–Trinajstić information content (AvgIpc) is 2.88. The molecule has 1 aliphatic rings. The fraction of sp³-hybridized carbons (Fsp3) is 0.538. The van der Waals surface area contributed by atoms with E-state index in [0.717, 1.165) is 59.1 Å². The maximum absolute atomic E-state index is 11.0. The topological polar surface area (TPSA) is 60.7 Å². The summed E-state index contributed by atoms with van der Waals surface area (Å²) in [6.45, 7) is 25.4. The van der Waals surface area contributed by atoms with Crippen LogP contribution in [0, 0.1) is 20.8 Å². The molecule has 1 fully saturated rings. The van der Waals surface area contributed by atoms with Crippen LogP contribution >= 0.6 is 35.3 Å². The number of aryl methyl sites for hydroxylation is 3. The summed E-state index contributed by atoms with van der Waals surface area (Å²) in [6.07, 6.45) is 4.33. The van der Waals surface area contributed by atoms with E-state index in [4.69, 9.17) is 0 Å². The van der Waals surface area contributed by atoms with Gasteiger partial charge < -0.3 is 15.3 Å². The lowest BCUT2D eigenvalue weighted by molar-refractivity contribution is 0.441. The highest BCUT2D eigenvalue weighted by Crippen LogP contribution is 2.57. The Morgan fingerprint density at radius 2 is 0.933 bits per heavy atom. The number of benzene rings is 3. The van der Waals surface area contributed by atoms with Crippen LogP contribution in [0.5, 0.6) is 17.2 Å². The van der Waals surface area contributed by atoms with Crippen LogP contribution in [-0.4, -0.2) is 24.6 Å². The van der Waals surface area contributed by atoms with E-state index in [1.54, 1.807) is 0 Å². The minimum absolute atomic E-state index is 0.133. The van der Waals surface area contributed by atoms with Crippen LogP contribution in [0.4, 0.5) is 0 Å². The van der Waals surface area contributed by atoms with Gasteiger partial charge in [-0.2, -0.15) is 0 Å². The molecule has 0 amide bonds. The maximum atomic E-state index is 11.0. The van der Waals surface area contributed by atoms with Crippen molar-refractivity contribution in [2.24, 2.45) is 0 Å². The summed E-state index contributed by atoms with van der Waals surface area (Å²) in [4.78, 5) is 3.60. The number of rotatable bonds is 6. The van der Waals surface area contributed by atoms with Gasteiger partial charge in [-0.1, -0.05) is 68.7 Å². The first kappa shape index (κ1) is 36.0. The second-order valence-electron chi connectivity index (χ2n) is 16.1. The molecule has 3 nitrogen and oxygen atoms in total. The lowest BCUT2D eigenvalue weighted by Crippen LogP contribution is -2.30. The third kappa shape index (κ3) is 8.34. The molecule has 1 unspecified atom stereocenters. The largest absolute Gasteiger partial charge is 0.507 e. The molecule has 1 saturated carbocycles. The zero-order valence-electron chi connectivity index (χ0n) is 29.4. The molecule has 3 aromatic rings. The van der Waals surface area contributed by atoms with Gasteiger partial charge in [-0.3, -0.25) is 0 Å². The van der Waals surface area contributed by atoms with Gasteiger partial charge in [-0.25, -0.2) is 0 Å². The average molecular weight is 667 g/mol. The molecular weight excluding hydrogens is 613 g/mol. The van der Waals surface area contributed by atoms with Crippen molar-refractivity contribution < 1.29 is 15.3 Å². The molecular formula is C39H54O3S3. The van der Waals surface area contributed by atoms with Crippen LogP contribution in [0.25, 0.3) is 0 Å². The van der Waals surface area contributed by atoms with Crippen molar-refractivity contribution in [3.8, 4) is 17.2 Å². The molecule has 0 radical (unpaired) electrons. The van der Waals surface area contributed by atoms with Gasteiger partial charge in [0.05, 0.1) is 4.08 Å². The number of hydrogen-bond donors (Lipinski definition) is 3. The monoisotopic (exact) mass is 666 g/mol. The summed E-state index contributed by atoms with van der Waals surface area (Å²) >= 11 is 5.84. The van der Waals surface area contributed by atoms with E-state index in [0.29, 0.717) is 22.5 Å². The van der Waals surface area contributed by atoms with Crippen LogP contribution in [0.15, 0.2) is 51.1 Å². The van der Waals surface area contributed by atoms with Crippen molar-refractivity contribution >= 4 is 35.3 Å². The highest BCUT2D eigenvalue weighted by atomic mass is 32.2. The minimum Gasteiger partial charge on any atom is -0.507 e. The lowest BCUT2D eigenvalue weighted by Gasteiger charge is -2.40. The zero-order valence-corrected chi connectivity index (χ0v) is 31.9. The normalized spacial score (nSPS) is 17.5. The lowest BCUT2D eigenvalue weighted by atomic mass is 9.85. The van der Waals surface area contributed by atoms with Gasteiger partial charge in [0.2, 0.25) is 0 Å². The van der Waals surface area contributed by atoms with Gasteiger partial charge in [0.15, 0.2) is 0 Å². The number of thioether (sulfide) groups is 3.